The Balaban J connectivity index is 2.30. The topological polar surface area (TPSA) is 83.6 Å². The number of carbonyl (C=O) groups excluding carboxylic acids is 1. The minimum atomic E-state index is -0.778. The molecule has 21 heavy (non-hydrogen) atoms. The molecule has 1 unspecified atom stereocenters. The maximum absolute atomic E-state index is 11.6. The van der Waals surface area contributed by atoms with E-state index < -0.39 is 11.9 Å². The zero-order chi connectivity index (χ0) is 15.4. The van der Waals surface area contributed by atoms with Crippen LogP contribution in [0.2, 0.25) is 0 Å². The van der Waals surface area contributed by atoms with Crippen molar-refractivity contribution in [1.29, 1.82) is 0 Å². The van der Waals surface area contributed by atoms with Gasteiger partial charge in [0.1, 0.15) is 0 Å². The van der Waals surface area contributed by atoms with Crippen LogP contribution >= 0.6 is 0 Å². The molecule has 1 aromatic rings. The smallest absolute Gasteiger partial charge is 0.303 e. The fourth-order valence-electron chi connectivity index (χ4n) is 3.00. The van der Waals surface area contributed by atoms with E-state index in [2.05, 4.69) is 4.90 Å². The summed E-state index contributed by atoms with van der Waals surface area (Å²) in [4.78, 5) is 24.6. The maximum Gasteiger partial charge on any atom is 0.303 e. The molecule has 1 fully saturated rings. The first-order chi connectivity index (χ1) is 9.99. The van der Waals surface area contributed by atoms with Gasteiger partial charge < -0.3 is 15.7 Å². The molecule has 5 nitrogen and oxygen atoms in total. The van der Waals surface area contributed by atoms with Crippen LogP contribution in [0.15, 0.2) is 18.2 Å². The second-order valence-corrected chi connectivity index (χ2v) is 5.66. The summed E-state index contributed by atoms with van der Waals surface area (Å²) in [5, 5.41) is 8.90. The van der Waals surface area contributed by atoms with Gasteiger partial charge in [0.25, 0.3) is 5.91 Å². The molecule has 1 heterocycles. The van der Waals surface area contributed by atoms with Gasteiger partial charge in [-0.1, -0.05) is 6.07 Å². The summed E-state index contributed by atoms with van der Waals surface area (Å²) in [6, 6.07) is 5.77. The van der Waals surface area contributed by atoms with Crippen LogP contribution in [0, 0.1) is 6.92 Å². The van der Waals surface area contributed by atoms with Crippen molar-refractivity contribution >= 4 is 17.6 Å². The largest absolute Gasteiger partial charge is 0.481 e. The van der Waals surface area contributed by atoms with Crippen molar-refractivity contribution in [3.05, 3.63) is 29.3 Å². The summed E-state index contributed by atoms with van der Waals surface area (Å²) < 4.78 is 0. The van der Waals surface area contributed by atoms with Gasteiger partial charge in [-0.3, -0.25) is 9.59 Å². The summed E-state index contributed by atoms with van der Waals surface area (Å²) >= 11 is 0. The summed E-state index contributed by atoms with van der Waals surface area (Å²) in [5.41, 5.74) is 7.91. The number of anilines is 1. The highest BCUT2D eigenvalue weighted by molar-refractivity contribution is 5.98. The Morgan fingerprint density at radius 2 is 2.14 bits per heavy atom. The minimum absolute atomic E-state index is 0.152. The van der Waals surface area contributed by atoms with Crippen LogP contribution in [0.3, 0.4) is 0 Å². The van der Waals surface area contributed by atoms with Gasteiger partial charge in [0, 0.05) is 19.0 Å². The monoisotopic (exact) mass is 290 g/mol. The Morgan fingerprint density at radius 3 is 2.81 bits per heavy atom. The zero-order valence-electron chi connectivity index (χ0n) is 12.3. The number of piperidine rings is 1. The van der Waals surface area contributed by atoms with E-state index >= 15 is 0 Å². The van der Waals surface area contributed by atoms with Crippen LogP contribution in [0.4, 0.5) is 5.69 Å². The highest BCUT2D eigenvalue weighted by atomic mass is 16.4. The quantitative estimate of drug-likeness (QED) is 0.871. The van der Waals surface area contributed by atoms with Crippen LogP contribution in [0.1, 0.15) is 48.0 Å². The molecule has 1 aromatic carbocycles. The summed E-state index contributed by atoms with van der Waals surface area (Å²) in [6.07, 6.45) is 3.86. The highest BCUT2D eigenvalue weighted by Crippen LogP contribution is 2.30. The first-order valence-corrected chi connectivity index (χ1v) is 7.38. The Hall–Kier alpha value is -2.04. The van der Waals surface area contributed by atoms with Gasteiger partial charge >= 0.3 is 5.97 Å². The van der Waals surface area contributed by atoms with Crippen LogP contribution in [-0.4, -0.2) is 29.6 Å². The van der Waals surface area contributed by atoms with Gasteiger partial charge in [0.05, 0.1) is 11.3 Å². The minimum Gasteiger partial charge on any atom is -0.481 e. The number of carboxylic acid groups (broad SMARTS) is 1. The molecule has 5 heteroatoms. The summed E-state index contributed by atoms with van der Waals surface area (Å²) in [7, 11) is 0. The molecule has 1 saturated heterocycles. The van der Waals surface area contributed by atoms with Crippen LogP contribution in [-0.2, 0) is 4.79 Å². The van der Waals surface area contributed by atoms with E-state index in [1.165, 1.54) is 0 Å². The van der Waals surface area contributed by atoms with Gasteiger partial charge in [0.15, 0.2) is 0 Å². The molecule has 3 N–H and O–H groups in total. The number of carboxylic acids is 1. The number of amides is 1. The van der Waals surface area contributed by atoms with Crippen molar-refractivity contribution in [3.63, 3.8) is 0 Å². The van der Waals surface area contributed by atoms with Gasteiger partial charge in [0.2, 0.25) is 0 Å². The first kappa shape index (κ1) is 15.4. The molecule has 2 rings (SSSR count). The number of nitrogens with zero attached hydrogens (tertiary/aromatic N) is 1. The number of carbonyl (C=O) groups is 2. The molecule has 0 saturated carbocycles. The van der Waals surface area contributed by atoms with Crippen LogP contribution in [0.5, 0.6) is 0 Å². The third kappa shape index (κ3) is 3.74. The van der Waals surface area contributed by atoms with E-state index in [-0.39, 0.29) is 12.5 Å². The lowest BCUT2D eigenvalue weighted by molar-refractivity contribution is -0.137. The van der Waals surface area contributed by atoms with Crippen molar-refractivity contribution in [2.45, 2.75) is 45.1 Å². The lowest BCUT2D eigenvalue weighted by Crippen LogP contribution is -2.41. The van der Waals surface area contributed by atoms with E-state index in [0.29, 0.717) is 12.0 Å². The summed E-state index contributed by atoms with van der Waals surface area (Å²) in [6.45, 7) is 2.82. The molecule has 0 aromatic heterocycles. The Morgan fingerprint density at radius 1 is 1.38 bits per heavy atom. The van der Waals surface area contributed by atoms with Gasteiger partial charge in [-0.2, -0.15) is 0 Å². The second kappa shape index (κ2) is 6.61. The molecular formula is C16H22N2O3. The number of aliphatic carboxylic acids is 1. The Kier molecular flexibility index (Phi) is 4.83. The van der Waals surface area contributed by atoms with Crippen molar-refractivity contribution in [1.82, 2.24) is 0 Å². The van der Waals surface area contributed by atoms with Crippen molar-refractivity contribution in [3.8, 4) is 0 Å². The number of primary amides is 1. The van der Waals surface area contributed by atoms with Crippen LogP contribution in [0.25, 0.3) is 0 Å². The van der Waals surface area contributed by atoms with Crippen molar-refractivity contribution in [2.24, 2.45) is 5.73 Å². The molecule has 1 aliphatic rings. The number of rotatable bonds is 5. The lowest BCUT2D eigenvalue weighted by atomic mass is 9.95. The molecular weight excluding hydrogens is 268 g/mol. The Bertz CT molecular complexity index is 542. The zero-order valence-corrected chi connectivity index (χ0v) is 12.3. The highest BCUT2D eigenvalue weighted by Gasteiger charge is 2.26. The number of hydrogen-bond acceptors (Lipinski definition) is 3. The number of aryl methyl sites for hydroxylation is 1. The molecule has 1 atom stereocenters. The second-order valence-electron chi connectivity index (χ2n) is 5.66. The lowest BCUT2D eigenvalue weighted by Gasteiger charge is -2.38. The number of hydrogen-bond donors (Lipinski definition) is 2. The molecule has 0 bridgehead atoms. The SMILES string of the molecule is Cc1ccc(C(N)=O)c(N2CCCCC2CCC(=O)O)c1. The maximum atomic E-state index is 11.6. The molecule has 114 valence electrons. The molecule has 0 radical (unpaired) electrons. The predicted molar refractivity (Wildman–Crippen MR) is 81.6 cm³/mol. The standard InChI is InChI=1S/C16H22N2O3/c1-11-5-7-13(16(17)21)14(10-11)18-9-3-2-4-12(18)6-8-15(19)20/h5,7,10,12H,2-4,6,8-9H2,1H3,(H2,17,21)(H,19,20). The number of nitrogens with two attached hydrogens (primary N) is 1. The van der Waals surface area contributed by atoms with Crippen molar-refractivity contribution < 1.29 is 14.7 Å². The molecule has 1 aliphatic heterocycles. The fourth-order valence-corrected chi connectivity index (χ4v) is 3.00. The van der Waals surface area contributed by atoms with E-state index in [4.69, 9.17) is 10.8 Å². The molecule has 0 aliphatic carbocycles. The fraction of sp³-hybridized carbons (Fsp3) is 0.500. The third-order valence-electron chi connectivity index (χ3n) is 4.05. The molecule has 0 spiro atoms. The van der Waals surface area contributed by atoms with Crippen molar-refractivity contribution in [2.75, 3.05) is 11.4 Å². The number of benzene rings is 1. The molecule has 1 amide bonds. The van der Waals surface area contributed by atoms with E-state index in [9.17, 15) is 9.59 Å². The summed E-state index contributed by atoms with van der Waals surface area (Å²) in [5.74, 6) is -1.22. The first-order valence-electron chi connectivity index (χ1n) is 7.38. The van der Waals surface area contributed by atoms with E-state index in [0.717, 1.165) is 37.1 Å². The third-order valence-corrected chi connectivity index (χ3v) is 4.05. The van der Waals surface area contributed by atoms with E-state index in [1.54, 1.807) is 6.07 Å². The predicted octanol–water partition coefficient (Wildman–Crippen LogP) is 2.32. The van der Waals surface area contributed by atoms with Gasteiger partial charge in [-0.15, -0.1) is 0 Å². The van der Waals surface area contributed by atoms with Gasteiger partial charge in [-0.25, -0.2) is 0 Å². The average molecular weight is 290 g/mol. The van der Waals surface area contributed by atoms with Crippen LogP contribution < -0.4 is 10.6 Å². The van der Waals surface area contributed by atoms with E-state index in [1.807, 2.05) is 19.1 Å². The normalized spacial score (nSPS) is 18.5. The van der Waals surface area contributed by atoms with Gasteiger partial charge in [-0.05, 0) is 50.3 Å². The Labute approximate surface area is 124 Å². The average Bonchev–Trinajstić information content (AvgIpc) is 2.45.